The van der Waals surface area contributed by atoms with E-state index in [4.69, 9.17) is 0 Å². The highest BCUT2D eigenvalue weighted by Gasteiger charge is 2.17. The zero-order valence-electron chi connectivity index (χ0n) is 13.4. The summed E-state index contributed by atoms with van der Waals surface area (Å²) in [5.74, 6) is 0.543. The van der Waals surface area contributed by atoms with E-state index >= 15 is 0 Å². The Bertz CT molecular complexity index is 867. The normalized spacial score (nSPS) is 11.3. The lowest BCUT2D eigenvalue weighted by Gasteiger charge is -1.97. The molecule has 3 aromatic rings. The van der Waals surface area contributed by atoms with Crippen molar-refractivity contribution < 1.29 is 4.79 Å². The van der Waals surface area contributed by atoms with Gasteiger partial charge in [-0.25, -0.2) is 9.50 Å². The van der Waals surface area contributed by atoms with Crippen LogP contribution >= 0.6 is 11.3 Å². The third-order valence-corrected chi connectivity index (χ3v) is 3.95. The van der Waals surface area contributed by atoms with Crippen LogP contribution < -0.4 is 5.32 Å². The largest absolute Gasteiger partial charge is 0.297 e. The third-order valence-electron chi connectivity index (χ3n) is 3.09. The summed E-state index contributed by atoms with van der Waals surface area (Å²) in [7, 11) is 0. The molecule has 1 amide bonds. The quantitative estimate of drug-likeness (QED) is 0.785. The number of fused-ring (bicyclic) bond motifs is 1. The van der Waals surface area contributed by atoms with Crippen molar-refractivity contribution in [2.24, 2.45) is 5.92 Å². The number of aromatic nitrogens is 6. The highest BCUT2D eigenvalue weighted by Crippen LogP contribution is 2.18. The number of aryl methyl sites for hydroxylation is 2. The lowest BCUT2D eigenvalue weighted by atomic mass is 10.1. The molecule has 9 heteroatoms. The molecule has 3 aromatic heterocycles. The van der Waals surface area contributed by atoms with Gasteiger partial charge in [0.2, 0.25) is 11.0 Å². The monoisotopic (exact) mass is 331 g/mol. The molecule has 0 unspecified atom stereocenters. The first kappa shape index (κ1) is 15.5. The molecular weight excluding hydrogens is 314 g/mol. The number of carbonyl (C=O) groups excluding carboxylic acids is 1. The van der Waals surface area contributed by atoms with E-state index in [1.165, 1.54) is 11.3 Å². The summed E-state index contributed by atoms with van der Waals surface area (Å²) in [4.78, 5) is 20.7. The van der Waals surface area contributed by atoms with Crippen molar-refractivity contribution in [3.8, 4) is 0 Å². The summed E-state index contributed by atoms with van der Waals surface area (Å²) in [6.07, 6.45) is 0.836. The van der Waals surface area contributed by atoms with E-state index in [0.717, 1.165) is 22.8 Å². The Kier molecular flexibility index (Phi) is 4.03. The molecule has 0 radical (unpaired) electrons. The molecule has 0 saturated carbocycles. The molecule has 0 spiro atoms. The zero-order valence-corrected chi connectivity index (χ0v) is 14.2. The van der Waals surface area contributed by atoms with Gasteiger partial charge in [0.1, 0.15) is 5.01 Å². The molecule has 0 aliphatic rings. The van der Waals surface area contributed by atoms with Crippen molar-refractivity contribution in [3.63, 3.8) is 0 Å². The maximum absolute atomic E-state index is 12.3. The zero-order chi connectivity index (χ0) is 16.6. The average molecular weight is 331 g/mol. The van der Waals surface area contributed by atoms with Crippen LogP contribution in [0.3, 0.4) is 0 Å². The van der Waals surface area contributed by atoms with Crippen LogP contribution in [0.2, 0.25) is 0 Å². The van der Waals surface area contributed by atoms with Crippen molar-refractivity contribution in [1.82, 2.24) is 29.8 Å². The van der Waals surface area contributed by atoms with Crippen molar-refractivity contribution in [3.05, 3.63) is 28.3 Å². The fraction of sp³-hybridized carbons (Fsp3) is 0.429. The Hall–Kier alpha value is -2.42. The second-order valence-electron chi connectivity index (χ2n) is 5.74. The van der Waals surface area contributed by atoms with Crippen LogP contribution in [0.5, 0.6) is 0 Å². The first-order valence-corrected chi connectivity index (χ1v) is 8.09. The molecule has 23 heavy (non-hydrogen) atoms. The lowest BCUT2D eigenvalue weighted by Crippen LogP contribution is -2.13. The highest BCUT2D eigenvalue weighted by atomic mass is 32.1. The Balaban J connectivity index is 1.80. The summed E-state index contributed by atoms with van der Waals surface area (Å²) in [5, 5.41) is 16.3. The van der Waals surface area contributed by atoms with Gasteiger partial charge in [0.05, 0.1) is 0 Å². The molecule has 0 aromatic carbocycles. The minimum absolute atomic E-state index is 0.0619. The molecule has 0 atom stereocenters. The van der Waals surface area contributed by atoms with Crippen molar-refractivity contribution in [2.45, 2.75) is 34.1 Å². The van der Waals surface area contributed by atoms with Crippen molar-refractivity contribution >= 4 is 28.2 Å². The Morgan fingerprint density at radius 2 is 2.09 bits per heavy atom. The van der Waals surface area contributed by atoms with Gasteiger partial charge in [-0.05, 0) is 25.8 Å². The molecule has 1 N–H and O–H groups in total. The molecule has 0 bridgehead atoms. The van der Waals surface area contributed by atoms with Gasteiger partial charge in [0.25, 0.3) is 11.7 Å². The number of amides is 1. The van der Waals surface area contributed by atoms with E-state index < -0.39 is 5.91 Å². The summed E-state index contributed by atoms with van der Waals surface area (Å²) < 4.78 is 1.55. The topological polar surface area (TPSA) is 98.0 Å². The lowest BCUT2D eigenvalue weighted by molar-refractivity contribution is 0.101. The van der Waals surface area contributed by atoms with E-state index in [1.54, 1.807) is 4.52 Å². The number of hydrogen-bond donors (Lipinski definition) is 1. The first-order valence-electron chi connectivity index (χ1n) is 7.27. The molecule has 120 valence electrons. The van der Waals surface area contributed by atoms with Gasteiger partial charge in [-0.1, -0.05) is 25.2 Å². The molecule has 0 aliphatic carbocycles. The van der Waals surface area contributed by atoms with Crippen LogP contribution in [0.15, 0.2) is 6.07 Å². The summed E-state index contributed by atoms with van der Waals surface area (Å²) in [6.45, 7) is 7.98. The molecule has 0 fully saturated rings. The molecule has 0 aliphatic heterocycles. The fourth-order valence-electron chi connectivity index (χ4n) is 2.15. The molecule has 3 rings (SSSR count). The highest BCUT2D eigenvalue weighted by molar-refractivity contribution is 7.15. The summed E-state index contributed by atoms with van der Waals surface area (Å²) >= 11 is 1.36. The number of nitrogens with one attached hydrogen (secondary N) is 1. The van der Waals surface area contributed by atoms with Crippen LogP contribution in [0.4, 0.5) is 5.13 Å². The van der Waals surface area contributed by atoms with Gasteiger partial charge in [-0.15, -0.1) is 15.3 Å². The van der Waals surface area contributed by atoms with E-state index in [-0.39, 0.29) is 5.82 Å². The number of rotatable bonds is 4. The Morgan fingerprint density at radius 1 is 1.30 bits per heavy atom. The minimum atomic E-state index is -0.417. The Morgan fingerprint density at radius 3 is 2.83 bits per heavy atom. The van der Waals surface area contributed by atoms with Crippen molar-refractivity contribution in [2.75, 3.05) is 5.32 Å². The van der Waals surface area contributed by atoms with E-state index in [2.05, 4.69) is 44.4 Å². The van der Waals surface area contributed by atoms with Gasteiger partial charge in [-0.3, -0.25) is 10.1 Å². The van der Waals surface area contributed by atoms with Crippen molar-refractivity contribution in [1.29, 1.82) is 0 Å². The van der Waals surface area contributed by atoms with E-state index in [1.807, 2.05) is 19.9 Å². The average Bonchev–Trinajstić information content (AvgIpc) is 3.05. The predicted octanol–water partition coefficient (Wildman–Crippen LogP) is 2.04. The van der Waals surface area contributed by atoms with Crippen LogP contribution in [0, 0.1) is 19.8 Å². The van der Waals surface area contributed by atoms with Crippen LogP contribution in [0.25, 0.3) is 5.78 Å². The SMILES string of the molecule is Cc1cc(C)n2nc(C(=O)Nc3nnc(CC(C)C)s3)nc2n1. The van der Waals surface area contributed by atoms with Gasteiger partial charge in [-0.2, -0.15) is 4.98 Å². The van der Waals surface area contributed by atoms with E-state index in [9.17, 15) is 4.79 Å². The van der Waals surface area contributed by atoms with Gasteiger partial charge in [0, 0.05) is 17.8 Å². The maximum atomic E-state index is 12.3. The number of nitrogens with zero attached hydrogens (tertiary/aromatic N) is 6. The van der Waals surface area contributed by atoms with Gasteiger partial charge in [0.15, 0.2) is 0 Å². The van der Waals surface area contributed by atoms with Gasteiger partial charge < -0.3 is 0 Å². The smallest absolute Gasteiger partial charge is 0.294 e. The second kappa shape index (κ2) is 5.99. The van der Waals surface area contributed by atoms with Gasteiger partial charge >= 0.3 is 0 Å². The van der Waals surface area contributed by atoms with Crippen LogP contribution in [0.1, 0.15) is 40.9 Å². The number of anilines is 1. The maximum Gasteiger partial charge on any atom is 0.297 e. The molecule has 0 saturated heterocycles. The molecule has 3 heterocycles. The minimum Gasteiger partial charge on any atom is -0.294 e. The van der Waals surface area contributed by atoms with Crippen LogP contribution in [-0.2, 0) is 6.42 Å². The molecule has 8 nitrogen and oxygen atoms in total. The summed E-state index contributed by atoms with van der Waals surface area (Å²) in [6, 6.07) is 1.88. The first-order chi connectivity index (χ1) is 10.9. The number of hydrogen-bond acceptors (Lipinski definition) is 7. The fourth-order valence-corrected chi connectivity index (χ4v) is 3.10. The van der Waals surface area contributed by atoms with Crippen LogP contribution in [-0.4, -0.2) is 35.7 Å². The standard InChI is InChI=1S/C14H17N7OS/c1-7(2)5-10-18-19-14(23-10)17-12(22)11-16-13-15-8(3)6-9(4)21(13)20-11/h6-7H,5H2,1-4H3,(H,17,19,22). The Labute approximate surface area is 137 Å². The second-order valence-corrected chi connectivity index (χ2v) is 6.80. The van der Waals surface area contributed by atoms with E-state index in [0.29, 0.717) is 16.8 Å². The third kappa shape index (κ3) is 3.34. The summed E-state index contributed by atoms with van der Waals surface area (Å²) in [5.41, 5.74) is 1.70. The molecular formula is C14H17N7OS. The number of carbonyl (C=O) groups is 1. The predicted molar refractivity (Wildman–Crippen MR) is 86.7 cm³/mol.